The van der Waals surface area contributed by atoms with E-state index in [4.69, 9.17) is 0 Å². The van der Waals surface area contributed by atoms with Gasteiger partial charge >= 0.3 is 0 Å². The molecule has 0 saturated heterocycles. The summed E-state index contributed by atoms with van der Waals surface area (Å²) in [4.78, 5) is 10.3. The molecule has 0 amide bonds. The molecule has 0 radical (unpaired) electrons. The number of non-ortho nitro benzene ring substituents is 1. The first-order valence-electron chi connectivity index (χ1n) is 7.58. The summed E-state index contributed by atoms with van der Waals surface area (Å²) in [6.07, 6.45) is 6.01. The van der Waals surface area contributed by atoms with Crippen molar-refractivity contribution in [1.82, 2.24) is 5.32 Å². The van der Waals surface area contributed by atoms with E-state index in [1.807, 2.05) is 12.1 Å². The highest BCUT2D eigenvalue weighted by atomic mass is 16.6. The molecule has 1 N–H and O–H groups in total. The van der Waals surface area contributed by atoms with Crippen molar-refractivity contribution >= 4 is 5.69 Å². The number of unbranched alkanes of at least 4 members (excludes halogenated alkanes) is 1. The smallest absolute Gasteiger partial charge is 0.269 e. The number of nitrogens with zero attached hydrogens (tertiary/aromatic N) is 1. The van der Waals surface area contributed by atoms with Gasteiger partial charge in [0.05, 0.1) is 4.92 Å². The second-order valence-corrected chi connectivity index (χ2v) is 5.36. The Kier molecular flexibility index (Phi) is 7.23. The van der Waals surface area contributed by atoms with Crippen LogP contribution in [0.4, 0.5) is 5.69 Å². The van der Waals surface area contributed by atoms with Crippen LogP contribution in [0.25, 0.3) is 0 Å². The van der Waals surface area contributed by atoms with Crippen molar-refractivity contribution in [3.8, 4) is 0 Å². The van der Waals surface area contributed by atoms with E-state index in [0.717, 1.165) is 5.56 Å². The van der Waals surface area contributed by atoms with Crippen LogP contribution in [0.2, 0.25) is 0 Å². The van der Waals surface area contributed by atoms with Crippen molar-refractivity contribution < 1.29 is 4.92 Å². The van der Waals surface area contributed by atoms with Gasteiger partial charge in [-0.05, 0) is 25.3 Å². The topological polar surface area (TPSA) is 55.2 Å². The van der Waals surface area contributed by atoms with Crippen LogP contribution in [-0.4, -0.2) is 11.0 Å². The van der Waals surface area contributed by atoms with Crippen LogP contribution in [0.1, 0.15) is 64.5 Å². The van der Waals surface area contributed by atoms with Crippen LogP contribution in [0.5, 0.6) is 0 Å². The number of nitro groups is 1. The lowest BCUT2D eigenvalue weighted by Gasteiger charge is -2.23. The van der Waals surface area contributed by atoms with E-state index in [0.29, 0.717) is 6.04 Å². The summed E-state index contributed by atoms with van der Waals surface area (Å²) >= 11 is 0. The molecule has 1 aromatic rings. The van der Waals surface area contributed by atoms with E-state index in [1.54, 1.807) is 12.1 Å². The zero-order valence-electron chi connectivity index (χ0n) is 12.8. The molecule has 0 heterocycles. The van der Waals surface area contributed by atoms with Gasteiger partial charge in [-0.2, -0.15) is 0 Å². The van der Waals surface area contributed by atoms with Crippen LogP contribution in [0.3, 0.4) is 0 Å². The zero-order chi connectivity index (χ0) is 15.0. The number of hydrogen-bond donors (Lipinski definition) is 1. The molecule has 0 aliphatic heterocycles. The number of rotatable bonds is 9. The Bertz CT molecular complexity index is 403. The molecule has 20 heavy (non-hydrogen) atoms. The fourth-order valence-corrected chi connectivity index (χ4v) is 2.44. The second-order valence-electron chi connectivity index (χ2n) is 5.36. The van der Waals surface area contributed by atoms with Crippen LogP contribution < -0.4 is 5.32 Å². The van der Waals surface area contributed by atoms with Gasteiger partial charge in [0.2, 0.25) is 0 Å². The Morgan fingerprint density at radius 1 is 1.15 bits per heavy atom. The van der Waals surface area contributed by atoms with Gasteiger partial charge < -0.3 is 5.32 Å². The molecule has 0 aliphatic carbocycles. The largest absolute Gasteiger partial charge is 0.307 e. The summed E-state index contributed by atoms with van der Waals surface area (Å²) < 4.78 is 0. The Morgan fingerprint density at radius 2 is 1.80 bits per heavy atom. The van der Waals surface area contributed by atoms with Crippen molar-refractivity contribution in [1.29, 1.82) is 0 Å². The molecule has 1 rings (SSSR count). The third-order valence-corrected chi connectivity index (χ3v) is 3.63. The maximum Gasteiger partial charge on any atom is 0.269 e. The van der Waals surface area contributed by atoms with Crippen molar-refractivity contribution in [2.24, 2.45) is 0 Å². The minimum atomic E-state index is -0.358. The monoisotopic (exact) mass is 278 g/mol. The van der Waals surface area contributed by atoms with Gasteiger partial charge in [0.25, 0.3) is 5.69 Å². The highest BCUT2D eigenvalue weighted by Gasteiger charge is 2.13. The lowest BCUT2D eigenvalue weighted by molar-refractivity contribution is -0.384. The maximum atomic E-state index is 10.7. The van der Waals surface area contributed by atoms with Crippen molar-refractivity contribution in [3.63, 3.8) is 0 Å². The summed E-state index contributed by atoms with van der Waals surface area (Å²) in [5.41, 5.74) is 1.25. The van der Waals surface area contributed by atoms with Crippen molar-refractivity contribution in [2.45, 2.75) is 65.0 Å². The Hall–Kier alpha value is -1.42. The summed E-state index contributed by atoms with van der Waals surface area (Å²) in [6, 6.07) is 7.61. The standard InChI is InChI=1S/C16H26N2O2/c1-4-6-8-15(7-5-2)17-13(3)14-9-11-16(12-10-14)18(19)20/h9-13,15,17H,4-8H2,1-3H3. The van der Waals surface area contributed by atoms with Crippen LogP contribution in [-0.2, 0) is 0 Å². The SMILES string of the molecule is CCCCC(CCC)NC(C)c1ccc([N+](=O)[O-])cc1. The van der Waals surface area contributed by atoms with E-state index in [1.165, 1.54) is 32.1 Å². The van der Waals surface area contributed by atoms with Gasteiger partial charge in [-0.3, -0.25) is 10.1 Å². The molecule has 0 aliphatic rings. The first-order chi connectivity index (χ1) is 9.58. The molecular formula is C16H26N2O2. The Balaban J connectivity index is 2.62. The third-order valence-electron chi connectivity index (χ3n) is 3.63. The fraction of sp³-hybridized carbons (Fsp3) is 0.625. The van der Waals surface area contributed by atoms with E-state index < -0.39 is 0 Å². The first-order valence-corrected chi connectivity index (χ1v) is 7.58. The van der Waals surface area contributed by atoms with Crippen molar-refractivity contribution in [2.75, 3.05) is 0 Å². The second kappa shape index (κ2) is 8.69. The van der Waals surface area contributed by atoms with Gasteiger partial charge in [0.1, 0.15) is 0 Å². The minimum absolute atomic E-state index is 0.150. The van der Waals surface area contributed by atoms with E-state index in [-0.39, 0.29) is 16.7 Å². The highest BCUT2D eigenvalue weighted by Crippen LogP contribution is 2.19. The Labute approximate surface area is 121 Å². The number of nitro benzene ring substituents is 1. The molecule has 2 atom stereocenters. The highest BCUT2D eigenvalue weighted by molar-refractivity contribution is 5.34. The number of benzene rings is 1. The predicted octanol–water partition coefficient (Wildman–Crippen LogP) is 4.60. The molecule has 0 saturated carbocycles. The van der Waals surface area contributed by atoms with Crippen LogP contribution >= 0.6 is 0 Å². The van der Waals surface area contributed by atoms with Crippen LogP contribution in [0, 0.1) is 10.1 Å². The average Bonchev–Trinajstić information content (AvgIpc) is 2.45. The number of nitrogens with one attached hydrogen (secondary N) is 1. The fourth-order valence-electron chi connectivity index (χ4n) is 2.44. The van der Waals surface area contributed by atoms with Gasteiger partial charge in [-0.25, -0.2) is 0 Å². The molecule has 0 fully saturated rings. The van der Waals surface area contributed by atoms with E-state index in [2.05, 4.69) is 26.1 Å². The molecule has 0 bridgehead atoms. The quantitative estimate of drug-likeness (QED) is 0.530. The van der Waals surface area contributed by atoms with Gasteiger partial charge in [-0.1, -0.05) is 45.2 Å². The normalized spacial score (nSPS) is 13.9. The summed E-state index contributed by atoms with van der Waals surface area (Å²) in [5.74, 6) is 0. The number of hydrogen-bond acceptors (Lipinski definition) is 3. The van der Waals surface area contributed by atoms with Crippen LogP contribution in [0.15, 0.2) is 24.3 Å². The van der Waals surface area contributed by atoms with Gasteiger partial charge in [-0.15, -0.1) is 0 Å². The Morgan fingerprint density at radius 3 is 2.30 bits per heavy atom. The molecule has 4 heteroatoms. The molecule has 4 nitrogen and oxygen atoms in total. The summed E-state index contributed by atoms with van der Waals surface area (Å²) in [6.45, 7) is 6.54. The maximum absolute atomic E-state index is 10.7. The van der Waals surface area contributed by atoms with Gasteiger partial charge in [0.15, 0.2) is 0 Å². The first kappa shape index (κ1) is 16.6. The minimum Gasteiger partial charge on any atom is -0.307 e. The van der Waals surface area contributed by atoms with E-state index in [9.17, 15) is 10.1 Å². The summed E-state index contributed by atoms with van der Waals surface area (Å²) in [7, 11) is 0. The lowest BCUT2D eigenvalue weighted by Crippen LogP contribution is -2.31. The van der Waals surface area contributed by atoms with Gasteiger partial charge in [0, 0.05) is 24.2 Å². The third kappa shape index (κ3) is 5.29. The van der Waals surface area contributed by atoms with E-state index >= 15 is 0 Å². The molecule has 0 aromatic heterocycles. The average molecular weight is 278 g/mol. The molecule has 112 valence electrons. The molecular weight excluding hydrogens is 252 g/mol. The lowest BCUT2D eigenvalue weighted by atomic mass is 10.0. The molecule has 0 spiro atoms. The predicted molar refractivity (Wildman–Crippen MR) is 82.9 cm³/mol. The molecule has 2 unspecified atom stereocenters. The zero-order valence-corrected chi connectivity index (χ0v) is 12.8. The van der Waals surface area contributed by atoms with Crippen molar-refractivity contribution in [3.05, 3.63) is 39.9 Å². The summed E-state index contributed by atoms with van der Waals surface area (Å²) in [5, 5.41) is 14.3. The molecule has 1 aromatic carbocycles.